The summed E-state index contributed by atoms with van der Waals surface area (Å²) in [5.74, 6) is 0.647. The first kappa shape index (κ1) is 7.07. The Hall–Kier alpha value is -0.0400. The van der Waals surface area contributed by atoms with Crippen LogP contribution in [-0.4, -0.2) is 4.83 Å². The highest BCUT2D eigenvalue weighted by Crippen LogP contribution is 2.22. The average Bonchev–Trinajstić information content (AvgIpc) is 1.80. The lowest BCUT2D eigenvalue weighted by molar-refractivity contribution is 0.756. The number of alkyl halides is 1. The zero-order valence-electron chi connectivity index (χ0n) is 5.76. The molecule has 0 aromatic heterocycles. The summed E-state index contributed by atoms with van der Waals surface area (Å²) in [6.45, 7) is 4.33. The van der Waals surface area contributed by atoms with E-state index in [1.807, 2.05) is 0 Å². The Morgan fingerprint density at radius 2 is 2.22 bits per heavy atom. The van der Waals surface area contributed by atoms with Crippen molar-refractivity contribution in [2.45, 2.75) is 18.7 Å². The topological polar surface area (TPSA) is 0 Å². The van der Waals surface area contributed by atoms with Crippen molar-refractivity contribution in [3.8, 4) is 0 Å². The Morgan fingerprint density at radius 1 is 1.56 bits per heavy atom. The molecule has 0 heterocycles. The summed E-state index contributed by atoms with van der Waals surface area (Å²) >= 11 is 3.57. The minimum Gasteiger partial charge on any atom is -0.0839 e. The van der Waals surface area contributed by atoms with Gasteiger partial charge in [0, 0.05) is 4.83 Å². The minimum absolute atomic E-state index is 0.544. The van der Waals surface area contributed by atoms with E-state index in [1.54, 1.807) is 0 Å². The van der Waals surface area contributed by atoms with Gasteiger partial charge in [0.1, 0.15) is 0 Å². The third-order valence-corrected chi connectivity index (χ3v) is 2.69. The molecule has 0 saturated carbocycles. The van der Waals surface area contributed by atoms with E-state index in [9.17, 15) is 0 Å². The van der Waals surface area contributed by atoms with Gasteiger partial charge in [0.2, 0.25) is 0 Å². The molecule has 0 N–H and O–H groups in total. The summed E-state index contributed by atoms with van der Waals surface area (Å²) in [7, 11) is 0. The lowest BCUT2D eigenvalue weighted by atomic mass is 9.99. The molecule has 9 heavy (non-hydrogen) atoms. The fourth-order valence-electron chi connectivity index (χ4n) is 0.868. The highest BCUT2D eigenvalue weighted by Gasteiger charge is 2.10. The quantitative estimate of drug-likeness (QED) is 0.511. The molecule has 0 radical (unpaired) electrons. The smallest absolute Gasteiger partial charge is 0.0391 e. The molecule has 0 aliphatic heterocycles. The van der Waals surface area contributed by atoms with Crippen molar-refractivity contribution in [2.24, 2.45) is 5.92 Å². The van der Waals surface area contributed by atoms with Crippen LogP contribution in [0.15, 0.2) is 23.8 Å². The first-order valence-corrected chi connectivity index (χ1v) is 4.12. The van der Waals surface area contributed by atoms with Crippen molar-refractivity contribution < 1.29 is 0 Å². The molecule has 0 amide bonds. The molecule has 0 fully saturated rings. The molecular weight excluding hydrogens is 176 g/mol. The predicted molar refractivity (Wildman–Crippen MR) is 44.8 cm³/mol. The molecule has 0 aromatic carbocycles. The molecule has 0 aromatic rings. The second-order valence-electron chi connectivity index (χ2n) is 2.57. The lowest BCUT2D eigenvalue weighted by Crippen LogP contribution is -2.08. The van der Waals surface area contributed by atoms with E-state index in [4.69, 9.17) is 0 Å². The van der Waals surface area contributed by atoms with Gasteiger partial charge in [0.25, 0.3) is 0 Å². The summed E-state index contributed by atoms with van der Waals surface area (Å²) in [6.07, 6.45) is 6.64. The molecule has 1 aliphatic rings. The van der Waals surface area contributed by atoms with Gasteiger partial charge in [-0.15, -0.1) is 0 Å². The maximum Gasteiger partial charge on any atom is 0.0391 e. The van der Waals surface area contributed by atoms with Crippen LogP contribution in [0.25, 0.3) is 0 Å². The zero-order valence-corrected chi connectivity index (χ0v) is 7.35. The predicted octanol–water partition coefficient (Wildman–Crippen LogP) is 2.90. The lowest BCUT2D eigenvalue weighted by Gasteiger charge is -2.15. The number of hydrogen-bond acceptors (Lipinski definition) is 0. The van der Waals surface area contributed by atoms with Gasteiger partial charge in [-0.1, -0.05) is 46.7 Å². The van der Waals surface area contributed by atoms with Crippen LogP contribution >= 0.6 is 15.9 Å². The van der Waals surface area contributed by atoms with Crippen LogP contribution in [0.2, 0.25) is 0 Å². The van der Waals surface area contributed by atoms with E-state index in [0.29, 0.717) is 10.7 Å². The molecule has 1 rings (SSSR count). The zero-order chi connectivity index (χ0) is 6.85. The molecular formula is C8H11Br. The fourth-order valence-corrected chi connectivity index (χ4v) is 1.46. The molecule has 0 nitrogen and oxygen atoms in total. The highest BCUT2D eigenvalue weighted by atomic mass is 79.9. The van der Waals surface area contributed by atoms with E-state index >= 15 is 0 Å². The van der Waals surface area contributed by atoms with Gasteiger partial charge in [0.05, 0.1) is 0 Å². The summed E-state index contributed by atoms with van der Waals surface area (Å²) in [4.78, 5) is 0.544. The second-order valence-corrected chi connectivity index (χ2v) is 3.63. The Bertz CT molecular complexity index is 156. The molecule has 1 heteroatoms. The van der Waals surface area contributed by atoms with Gasteiger partial charge in [0.15, 0.2) is 0 Å². The van der Waals surface area contributed by atoms with Crippen molar-refractivity contribution in [1.82, 2.24) is 0 Å². The molecule has 0 bridgehead atoms. The molecule has 2 atom stereocenters. The minimum atomic E-state index is 0.544. The standard InChI is InChI=1S/C8H11Br/c1-6-3-4-7(2)8(9)5-6/h3-5,7-8H,1-2H3/t7-,8?/m1/s1. The Labute approximate surface area is 64.8 Å². The van der Waals surface area contributed by atoms with E-state index in [2.05, 4.69) is 48.0 Å². The van der Waals surface area contributed by atoms with Gasteiger partial charge in [-0.25, -0.2) is 0 Å². The van der Waals surface area contributed by atoms with Crippen molar-refractivity contribution in [2.75, 3.05) is 0 Å². The first-order valence-electron chi connectivity index (χ1n) is 3.21. The molecule has 1 unspecified atom stereocenters. The Morgan fingerprint density at radius 3 is 2.67 bits per heavy atom. The number of allylic oxidation sites excluding steroid dienone is 4. The van der Waals surface area contributed by atoms with Crippen LogP contribution in [0.4, 0.5) is 0 Å². The Kier molecular flexibility index (Phi) is 2.12. The summed E-state index contributed by atoms with van der Waals surface area (Å²) in [5.41, 5.74) is 1.36. The van der Waals surface area contributed by atoms with E-state index in [1.165, 1.54) is 5.57 Å². The van der Waals surface area contributed by atoms with E-state index in [0.717, 1.165) is 0 Å². The van der Waals surface area contributed by atoms with Crippen LogP contribution in [0.3, 0.4) is 0 Å². The van der Waals surface area contributed by atoms with Crippen molar-refractivity contribution in [3.63, 3.8) is 0 Å². The van der Waals surface area contributed by atoms with Crippen molar-refractivity contribution >= 4 is 15.9 Å². The van der Waals surface area contributed by atoms with E-state index < -0.39 is 0 Å². The van der Waals surface area contributed by atoms with Gasteiger partial charge in [-0.3, -0.25) is 0 Å². The van der Waals surface area contributed by atoms with E-state index in [-0.39, 0.29) is 0 Å². The van der Waals surface area contributed by atoms with Gasteiger partial charge in [-0.2, -0.15) is 0 Å². The second kappa shape index (κ2) is 2.70. The first-order chi connectivity index (χ1) is 4.20. The number of halogens is 1. The molecule has 0 saturated heterocycles. The van der Waals surface area contributed by atoms with Gasteiger partial charge < -0.3 is 0 Å². The third-order valence-electron chi connectivity index (χ3n) is 1.59. The fraction of sp³-hybridized carbons (Fsp3) is 0.500. The third kappa shape index (κ3) is 1.68. The van der Waals surface area contributed by atoms with Crippen LogP contribution < -0.4 is 0 Å². The summed E-state index contributed by atoms with van der Waals surface area (Å²) in [5, 5.41) is 0. The molecule has 1 aliphatic carbocycles. The highest BCUT2D eigenvalue weighted by molar-refractivity contribution is 9.09. The van der Waals surface area contributed by atoms with Gasteiger partial charge in [-0.05, 0) is 12.8 Å². The largest absolute Gasteiger partial charge is 0.0839 e. The monoisotopic (exact) mass is 186 g/mol. The summed E-state index contributed by atoms with van der Waals surface area (Å²) < 4.78 is 0. The van der Waals surface area contributed by atoms with Crippen molar-refractivity contribution in [1.29, 1.82) is 0 Å². The van der Waals surface area contributed by atoms with Crippen LogP contribution in [0.5, 0.6) is 0 Å². The van der Waals surface area contributed by atoms with Crippen LogP contribution in [-0.2, 0) is 0 Å². The molecule has 0 spiro atoms. The normalized spacial score (nSPS) is 34.3. The Balaban J connectivity index is 2.70. The average molecular weight is 187 g/mol. The van der Waals surface area contributed by atoms with Crippen LogP contribution in [0.1, 0.15) is 13.8 Å². The maximum absolute atomic E-state index is 3.57. The summed E-state index contributed by atoms with van der Waals surface area (Å²) in [6, 6.07) is 0. The number of rotatable bonds is 0. The maximum atomic E-state index is 3.57. The van der Waals surface area contributed by atoms with Crippen LogP contribution in [0, 0.1) is 5.92 Å². The van der Waals surface area contributed by atoms with Crippen molar-refractivity contribution in [3.05, 3.63) is 23.8 Å². The SMILES string of the molecule is CC1=CC(Br)[C@H](C)C=C1. The van der Waals surface area contributed by atoms with Gasteiger partial charge >= 0.3 is 0 Å². The molecule has 50 valence electrons. The number of hydrogen-bond donors (Lipinski definition) is 0.